The number of nitrogens with one attached hydrogen (secondary N) is 2. The highest BCUT2D eigenvalue weighted by atomic mass is 15.1. The van der Waals surface area contributed by atoms with Crippen LogP contribution in [0.4, 0.5) is 11.8 Å². The number of benzene rings is 1. The van der Waals surface area contributed by atoms with Crippen molar-refractivity contribution in [2.45, 2.75) is 25.8 Å². The molecule has 0 radical (unpaired) electrons. The molecule has 0 saturated carbocycles. The molecule has 2 aromatic heterocycles. The van der Waals surface area contributed by atoms with Gasteiger partial charge in [0.25, 0.3) is 0 Å². The van der Waals surface area contributed by atoms with Gasteiger partial charge >= 0.3 is 0 Å². The molecule has 0 bridgehead atoms. The van der Waals surface area contributed by atoms with Gasteiger partial charge in [-0.2, -0.15) is 9.97 Å². The van der Waals surface area contributed by atoms with Crippen LogP contribution < -0.4 is 11.1 Å². The fourth-order valence-corrected chi connectivity index (χ4v) is 2.29. The molecule has 3 aromatic rings. The number of aromatic nitrogens is 4. The average Bonchev–Trinajstić information content (AvgIpc) is 2.94. The van der Waals surface area contributed by atoms with Crippen molar-refractivity contribution in [1.29, 1.82) is 0 Å². The van der Waals surface area contributed by atoms with Crippen molar-refractivity contribution < 1.29 is 0 Å². The average molecular weight is 282 g/mol. The van der Waals surface area contributed by atoms with Gasteiger partial charge in [0, 0.05) is 6.04 Å². The van der Waals surface area contributed by atoms with E-state index in [4.69, 9.17) is 5.73 Å². The standard InChI is InChI=1S/C15H18N6/c1-10(7-8-11-5-3-2-4-6-11)19-14-12-13(18-9-17-12)20-15(16)21-14/h2-6,9-10H,7-8H2,1H3,(H4,16,17,18,19,20,21). The van der Waals surface area contributed by atoms with E-state index in [2.05, 4.69) is 56.4 Å². The zero-order valence-electron chi connectivity index (χ0n) is 11.9. The Balaban J connectivity index is 1.68. The van der Waals surface area contributed by atoms with Gasteiger partial charge in [-0.15, -0.1) is 0 Å². The molecule has 6 heteroatoms. The summed E-state index contributed by atoms with van der Waals surface area (Å²) in [6, 6.07) is 10.7. The van der Waals surface area contributed by atoms with Crippen LogP contribution in [0.2, 0.25) is 0 Å². The largest absolute Gasteiger partial charge is 0.368 e. The highest BCUT2D eigenvalue weighted by Crippen LogP contribution is 2.19. The normalized spacial score (nSPS) is 12.4. The highest BCUT2D eigenvalue weighted by Gasteiger charge is 2.11. The molecule has 3 rings (SSSR count). The van der Waals surface area contributed by atoms with Crippen molar-refractivity contribution in [3.63, 3.8) is 0 Å². The number of rotatable bonds is 5. The molecule has 0 aliphatic carbocycles. The molecular weight excluding hydrogens is 264 g/mol. The van der Waals surface area contributed by atoms with E-state index >= 15 is 0 Å². The number of hydrogen-bond acceptors (Lipinski definition) is 5. The number of hydrogen-bond donors (Lipinski definition) is 3. The van der Waals surface area contributed by atoms with Crippen LogP contribution in [-0.2, 0) is 6.42 Å². The summed E-state index contributed by atoms with van der Waals surface area (Å²) in [7, 11) is 0. The molecule has 1 aromatic carbocycles. The number of fused-ring (bicyclic) bond motifs is 1. The van der Waals surface area contributed by atoms with Crippen LogP contribution in [0.5, 0.6) is 0 Å². The Morgan fingerprint density at radius 1 is 1.24 bits per heavy atom. The van der Waals surface area contributed by atoms with Crippen LogP contribution in [0.15, 0.2) is 36.7 Å². The Labute approximate surface area is 122 Å². The van der Waals surface area contributed by atoms with Gasteiger partial charge in [0.2, 0.25) is 5.95 Å². The molecular formula is C15H18N6. The number of anilines is 2. The summed E-state index contributed by atoms with van der Waals surface area (Å²) in [6.45, 7) is 2.13. The monoisotopic (exact) mass is 282 g/mol. The van der Waals surface area contributed by atoms with E-state index in [1.165, 1.54) is 5.56 Å². The summed E-state index contributed by atoms with van der Waals surface area (Å²) in [6.07, 6.45) is 3.61. The maximum Gasteiger partial charge on any atom is 0.224 e. The molecule has 0 aliphatic rings. The van der Waals surface area contributed by atoms with E-state index in [1.54, 1.807) is 6.33 Å². The van der Waals surface area contributed by atoms with Crippen molar-refractivity contribution in [2.75, 3.05) is 11.1 Å². The quantitative estimate of drug-likeness (QED) is 0.668. The fourth-order valence-electron chi connectivity index (χ4n) is 2.29. The minimum Gasteiger partial charge on any atom is -0.368 e. The smallest absolute Gasteiger partial charge is 0.224 e. The molecule has 0 spiro atoms. The first-order valence-electron chi connectivity index (χ1n) is 6.99. The second-order valence-corrected chi connectivity index (χ2v) is 5.10. The van der Waals surface area contributed by atoms with Gasteiger partial charge in [-0.1, -0.05) is 30.3 Å². The lowest BCUT2D eigenvalue weighted by molar-refractivity contribution is 0.703. The van der Waals surface area contributed by atoms with Gasteiger partial charge in [-0.25, -0.2) is 4.98 Å². The first-order chi connectivity index (χ1) is 10.2. The molecule has 21 heavy (non-hydrogen) atoms. The van der Waals surface area contributed by atoms with E-state index < -0.39 is 0 Å². The van der Waals surface area contributed by atoms with Crippen LogP contribution in [0.1, 0.15) is 18.9 Å². The predicted octanol–water partition coefficient (Wildman–Crippen LogP) is 2.37. The Bertz CT molecular complexity index is 721. The summed E-state index contributed by atoms with van der Waals surface area (Å²) in [5, 5.41) is 3.38. The Morgan fingerprint density at radius 3 is 2.86 bits per heavy atom. The van der Waals surface area contributed by atoms with Crippen molar-refractivity contribution in [3.05, 3.63) is 42.2 Å². The molecule has 108 valence electrons. The third-order valence-corrected chi connectivity index (χ3v) is 3.39. The third-order valence-electron chi connectivity index (χ3n) is 3.39. The number of nitrogen functional groups attached to an aromatic ring is 1. The number of imidazole rings is 1. The van der Waals surface area contributed by atoms with E-state index in [-0.39, 0.29) is 12.0 Å². The second-order valence-electron chi connectivity index (χ2n) is 5.10. The van der Waals surface area contributed by atoms with E-state index in [0.29, 0.717) is 11.5 Å². The van der Waals surface area contributed by atoms with Gasteiger partial charge in [0.15, 0.2) is 11.5 Å². The number of aromatic amines is 1. The van der Waals surface area contributed by atoms with Crippen LogP contribution in [0.25, 0.3) is 11.2 Å². The number of nitrogens with zero attached hydrogens (tertiary/aromatic N) is 3. The molecule has 0 aliphatic heterocycles. The maximum atomic E-state index is 5.71. The summed E-state index contributed by atoms with van der Waals surface area (Å²) in [4.78, 5) is 15.5. The second kappa shape index (κ2) is 5.78. The first-order valence-corrected chi connectivity index (χ1v) is 6.99. The molecule has 0 fully saturated rings. The molecule has 2 heterocycles. The zero-order chi connectivity index (χ0) is 14.7. The van der Waals surface area contributed by atoms with Crippen LogP contribution >= 0.6 is 0 Å². The molecule has 0 amide bonds. The van der Waals surface area contributed by atoms with E-state index in [1.807, 2.05) is 6.07 Å². The Kier molecular flexibility index (Phi) is 3.68. The maximum absolute atomic E-state index is 5.71. The highest BCUT2D eigenvalue weighted by molar-refractivity contribution is 5.83. The zero-order valence-corrected chi connectivity index (χ0v) is 11.9. The number of nitrogens with two attached hydrogens (primary N) is 1. The van der Waals surface area contributed by atoms with Gasteiger partial charge < -0.3 is 16.0 Å². The summed E-state index contributed by atoms with van der Waals surface area (Å²) in [5.41, 5.74) is 8.41. The van der Waals surface area contributed by atoms with Gasteiger partial charge in [-0.3, -0.25) is 0 Å². The minimum atomic E-state index is 0.229. The van der Waals surface area contributed by atoms with Gasteiger partial charge in [0.1, 0.15) is 5.52 Å². The van der Waals surface area contributed by atoms with Crippen LogP contribution in [-0.4, -0.2) is 26.0 Å². The van der Waals surface area contributed by atoms with E-state index in [9.17, 15) is 0 Å². The lowest BCUT2D eigenvalue weighted by Gasteiger charge is -2.15. The SMILES string of the molecule is CC(CCc1ccccc1)Nc1nc(N)nc2nc[nH]c12. The van der Waals surface area contributed by atoms with Crippen molar-refractivity contribution >= 4 is 22.9 Å². The van der Waals surface area contributed by atoms with E-state index in [0.717, 1.165) is 18.4 Å². The van der Waals surface area contributed by atoms with Gasteiger partial charge in [-0.05, 0) is 25.3 Å². The lowest BCUT2D eigenvalue weighted by Crippen LogP contribution is -2.18. The van der Waals surface area contributed by atoms with Crippen LogP contribution in [0.3, 0.4) is 0 Å². The predicted molar refractivity (Wildman–Crippen MR) is 83.9 cm³/mol. The van der Waals surface area contributed by atoms with Crippen molar-refractivity contribution in [1.82, 2.24) is 19.9 Å². The number of aryl methyl sites for hydroxylation is 1. The van der Waals surface area contributed by atoms with Crippen molar-refractivity contribution in [3.8, 4) is 0 Å². The third kappa shape index (κ3) is 3.10. The first kappa shape index (κ1) is 13.4. The summed E-state index contributed by atoms with van der Waals surface area (Å²) >= 11 is 0. The number of H-pyrrole nitrogens is 1. The van der Waals surface area contributed by atoms with Crippen LogP contribution in [0, 0.1) is 0 Å². The fraction of sp³-hybridized carbons (Fsp3) is 0.267. The Morgan fingerprint density at radius 2 is 2.05 bits per heavy atom. The topological polar surface area (TPSA) is 92.5 Å². The minimum absolute atomic E-state index is 0.229. The van der Waals surface area contributed by atoms with Gasteiger partial charge in [0.05, 0.1) is 6.33 Å². The Hall–Kier alpha value is -2.63. The molecule has 4 N–H and O–H groups in total. The summed E-state index contributed by atoms with van der Waals surface area (Å²) < 4.78 is 0. The summed E-state index contributed by atoms with van der Waals surface area (Å²) in [5.74, 6) is 0.933. The molecule has 1 atom stereocenters. The lowest BCUT2D eigenvalue weighted by atomic mass is 10.1. The molecule has 1 unspecified atom stereocenters. The van der Waals surface area contributed by atoms with Crippen molar-refractivity contribution in [2.24, 2.45) is 0 Å². The molecule has 6 nitrogen and oxygen atoms in total. The molecule has 0 saturated heterocycles.